The minimum Gasteiger partial charge on any atom is -0.464 e. The van der Waals surface area contributed by atoms with Crippen LogP contribution in [-0.4, -0.2) is 29.4 Å². The summed E-state index contributed by atoms with van der Waals surface area (Å²) in [4.78, 5) is 36.2. The SMILES string of the molecule is CCOC(=O)C(C)N(C(C)=O)c1cc(Oc2ccccc2Cl)ccc1[N+](=O)[O-]. The Labute approximate surface area is 166 Å². The van der Waals surface area contributed by atoms with Crippen molar-refractivity contribution >= 4 is 34.9 Å². The monoisotopic (exact) mass is 406 g/mol. The highest BCUT2D eigenvalue weighted by Crippen LogP contribution is 2.36. The lowest BCUT2D eigenvalue weighted by Crippen LogP contribution is -2.43. The van der Waals surface area contributed by atoms with Crippen molar-refractivity contribution in [3.8, 4) is 11.5 Å². The number of anilines is 1. The number of nitro groups is 1. The van der Waals surface area contributed by atoms with Crippen molar-refractivity contribution < 1.29 is 24.0 Å². The second kappa shape index (κ2) is 9.18. The van der Waals surface area contributed by atoms with E-state index in [1.807, 2.05) is 0 Å². The Morgan fingerprint density at radius 1 is 1.25 bits per heavy atom. The normalized spacial score (nSPS) is 11.4. The predicted octanol–water partition coefficient (Wildman–Crippen LogP) is 4.35. The first kappa shape index (κ1) is 21.2. The average Bonchev–Trinajstić information content (AvgIpc) is 2.63. The van der Waals surface area contributed by atoms with Gasteiger partial charge < -0.3 is 9.47 Å². The quantitative estimate of drug-likeness (QED) is 0.385. The van der Waals surface area contributed by atoms with Crippen LogP contribution < -0.4 is 9.64 Å². The van der Waals surface area contributed by atoms with Crippen LogP contribution in [0.2, 0.25) is 5.02 Å². The largest absolute Gasteiger partial charge is 0.464 e. The van der Waals surface area contributed by atoms with Crippen LogP contribution >= 0.6 is 11.6 Å². The Morgan fingerprint density at radius 2 is 1.93 bits per heavy atom. The molecule has 0 radical (unpaired) electrons. The lowest BCUT2D eigenvalue weighted by molar-refractivity contribution is -0.384. The van der Waals surface area contributed by atoms with E-state index in [0.717, 1.165) is 4.90 Å². The molecule has 0 spiro atoms. The van der Waals surface area contributed by atoms with Gasteiger partial charge in [-0.05, 0) is 32.0 Å². The molecule has 0 fully saturated rings. The minimum absolute atomic E-state index is 0.0809. The van der Waals surface area contributed by atoms with Gasteiger partial charge in [0.15, 0.2) is 0 Å². The van der Waals surface area contributed by atoms with Crippen LogP contribution in [0.1, 0.15) is 20.8 Å². The van der Waals surface area contributed by atoms with Gasteiger partial charge >= 0.3 is 5.97 Å². The molecule has 0 aliphatic carbocycles. The lowest BCUT2D eigenvalue weighted by Gasteiger charge is -2.26. The lowest BCUT2D eigenvalue weighted by atomic mass is 10.1. The second-order valence-corrected chi connectivity index (χ2v) is 6.16. The van der Waals surface area contributed by atoms with Crippen molar-refractivity contribution in [2.75, 3.05) is 11.5 Å². The summed E-state index contributed by atoms with van der Waals surface area (Å²) in [6, 6.07) is 9.56. The summed E-state index contributed by atoms with van der Waals surface area (Å²) in [5, 5.41) is 11.8. The molecule has 9 heteroatoms. The van der Waals surface area contributed by atoms with E-state index in [1.165, 1.54) is 32.0 Å². The molecule has 1 amide bonds. The number of rotatable bonds is 7. The summed E-state index contributed by atoms with van der Waals surface area (Å²) < 4.78 is 10.6. The third kappa shape index (κ3) is 4.77. The number of hydrogen-bond acceptors (Lipinski definition) is 6. The molecule has 0 aliphatic rings. The van der Waals surface area contributed by atoms with Crippen LogP contribution in [0.5, 0.6) is 11.5 Å². The van der Waals surface area contributed by atoms with E-state index in [4.69, 9.17) is 21.1 Å². The predicted molar refractivity (Wildman–Crippen MR) is 104 cm³/mol. The maximum atomic E-state index is 12.2. The topological polar surface area (TPSA) is 99.0 Å². The number of benzene rings is 2. The van der Waals surface area contributed by atoms with Crippen LogP contribution in [0.15, 0.2) is 42.5 Å². The van der Waals surface area contributed by atoms with Gasteiger partial charge in [0.1, 0.15) is 23.2 Å². The molecule has 0 heterocycles. The second-order valence-electron chi connectivity index (χ2n) is 5.76. The number of para-hydroxylation sites is 1. The molecule has 0 bridgehead atoms. The molecule has 2 rings (SSSR count). The summed E-state index contributed by atoms with van der Waals surface area (Å²) in [5.41, 5.74) is -0.430. The van der Waals surface area contributed by atoms with E-state index >= 15 is 0 Å². The van der Waals surface area contributed by atoms with Crippen LogP contribution in [0.25, 0.3) is 0 Å². The molecule has 0 saturated carbocycles. The van der Waals surface area contributed by atoms with Crippen molar-refractivity contribution in [2.45, 2.75) is 26.8 Å². The molecule has 0 N–H and O–H groups in total. The van der Waals surface area contributed by atoms with Crippen LogP contribution in [0.4, 0.5) is 11.4 Å². The van der Waals surface area contributed by atoms with Gasteiger partial charge in [0, 0.05) is 19.1 Å². The molecule has 0 aliphatic heterocycles. The summed E-state index contributed by atoms with van der Waals surface area (Å²) in [5.74, 6) is -0.671. The van der Waals surface area contributed by atoms with Crippen molar-refractivity contribution in [1.82, 2.24) is 0 Å². The molecule has 1 atom stereocenters. The Kier molecular flexibility index (Phi) is 6.94. The number of carbonyl (C=O) groups excluding carboxylic acids is 2. The van der Waals surface area contributed by atoms with Gasteiger partial charge in [-0.15, -0.1) is 0 Å². The zero-order valence-electron chi connectivity index (χ0n) is 15.5. The maximum Gasteiger partial charge on any atom is 0.328 e. The number of halogens is 1. The number of nitrogens with zero attached hydrogens (tertiary/aromatic N) is 2. The molecule has 28 heavy (non-hydrogen) atoms. The number of hydrogen-bond donors (Lipinski definition) is 0. The number of esters is 1. The highest BCUT2D eigenvalue weighted by molar-refractivity contribution is 6.32. The van der Waals surface area contributed by atoms with E-state index < -0.39 is 22.8 Å². The number of nitro benzene ring substituents is 1. The fraction of sp³-hybridized carbons (Fsp3) is 0.263. The van der Waals surface area contributed by atoms with Gasteiger partial charge in [-0.25, -0.2) is 4.79 Å². The highest BCUT2D eigenvalue weighted by atomic mass is 35.5. The molecule has 1 unspecified atom stereocenters. The molecule has 2 aromatic rings. The summed E-state index contributed by atoms with van der Waals surface area (Å²) in [7, 11) is 0. The van der Waals surface area contributed by atoms with Crippen molar-refractivity contribution in [1.29, 1.82) is 0 Å². The minimum atomic E-state index is -1.06. The first-order valence-electron chi connectivity index (χ1n) is 8.43. The van der Waals surface area contributed by atoms with Gasteiger partial charge in [-0.2, -0.15) is 0 Å². The summed E-state index contributed by atoms with van der Waals surface area (Å²) in [6.07, 6.45) is 0. The zero-order chi connectivity index (χ0) is 20.8. The number of carbonyl (C=O) groups is 2. The third-order valence-electron chi connectivity index (χ3n) is 3.82. The van der Waals surface area contributed by atoms with Gasteiger partial charge in [-0.3, -0.25) is 19.8 Å². The number of ether oxygens (including phenoxy) is 2. The van der Waals surface area contributed by atoms with Crippen molar-refractivity contribution in [3.63, 3.8) is 0 Å². The molecule has 8 nitrogen and oxygen atoms in total. The summed E-state index contributed by atoms with van der Waals surface area (Å²) >= 11 is 6.08. The Bertz CT molecular complexity index is 902. The molecule has 0 aromatic heterocycles. The van der Waals surface area contributed by atoms with E-state index in [1.54, 1.807) is 31.2 Å². The average molecular weight is 407 g/mol. The van der Waals surface area contributed by atoms with E-state index in [2.05, 4.69) is 0 Å². The van der Waals surface area contributed by atoms with Crippen molar-refractivity contribution in [3.05, 3.63) is 57.6 Å². The Morgan fingerprint density at radius 3 is 2.50 bits per heavy atom. The smallest absolute Gasteiger partial charge is 0.328 e. The van der Waals surface area contributed by atoms with Gasteiger partial charge in [-0.1, -0.05) is 23.7 Å². The van der Waals surface area contributed by atoms with E-state index in [9.17, 15) is 19.7 Å². The van der Waals surface area contributed by atoms with Crippen LogP contribution in [0.3, 0.4) is 0 Å². The van der Waals surface area contributed by atoms with E-state index in [-0.39, 0.29) is 23.7 Å². The molecule has 148 valence electrons. The van der Waals surface area contributed by atoms with Gasteiger partial charge in [0.2, 0.25) is 5.91 Å². The first-order chi connectivity index (χ1) is 13.3. The number of amides is 1. The third-order valence-corrected chi connectivity index (χ3v) is 4.13. The Hall–Kier alpha value is -3.13. The van der Waals surface area contributed by atoms with Crippen molar-refractivity contribution in [2.24, 2.45) is 0 Å². The standard InChI is InChI=1S/C19H19ClN2O6/c1-4-27-19(24)12(2)21(13(3)23)17-11-14(9-10-16(17)22(25)26)28-18-8-6-5-7-15(18)20/h5-12H,4H2,1-3H3. The fourth-order valence-electron chi connectivity index (χ4n) is 2.59. The van der Waals surface area contributed by atoms with Gasteiger partial charge in [0.05, 0.1) is 16.6 Å². The molecular formula is C19H19ClN2O6. The molecule has 2 aromatic carbocycles. The van der Waals surface area contributed by atoms with E-state index in [0.29, 0.717) is 10.8 Å². The zero-order valence-corrected chi connectivity index (χ0v) is 16.3. The van der Waals surface area contributed by atoms with Gasteiger partial charge in [0.25, 0.3) is 5.69 Å². The Balaban J connectivity index is 2.51. The molecular weight excluding hydrogens is 388 g/mol. The van der Waals surface area contributed by atoms with Crippen LogP contribution in [0, 0.1) is 10.1 Å². The highest BCUT2D eigenvalue weighted by Gasteiger charge is 2.31. The molecule has 0 saturated heterocycles. The summed E-state index contributed by atoms with van der Waals surface area (Å²) in [6.45, 7) is 4.39. The fourth-order valence-corrected chi connectivity index (χ4v) is 2.76. The first-order valence-corrected chi connectivity index (χ1v) is 8.81. The van der Waals surface area contributed by atoms with Crippen LogP contribution in [-0.2, 0) is 14.3 Å². The maximum absolute atomic E-state index is 12.2.